The van der Waals surface area contributed by atoms with Gasteiger partial charge in [0.2, 0.25) is 29.6 Å². The van der Waals surface area contributed by atoms with Crippen LogP contribution in [0.4, 0.5) is 26.9 Å². The first-order chi connectivity index (χ1) is 70.6. The van der Waals surface area contributed by atoms with Gasteiger partial charge in [-0.05, 0) is 192 Å². The molecule has 1 aliphatic carbocycles. The van der Waals surface area contributed by atoms with E-state index >= 15 is 0 Å². The van der Waals surface area contributed by atoms with Crippen molar-refractivity contribution in [1.29, 1.82) is 0 Å². The van der Waals surface area contributed by atoms with Crippen molar-refractivity contribution in [1.82, 2.24) is 87.6 Å². The minimum atomic E-state index is -4.59. The number of fused-ring (bicyclic) bond motifs is 10. The number of benzene rings is 4. The van der Waals surface area contributed by atoms with Gasteiger partial charge in [0.05, 0.1) is 60.0 Å². The number of carboxylic acids is 2. The second kappa shape index (κ2) is 49.0. The summed E-state index contributed by atoms with van der Waals surface area (Å²) in [6.07, 6.45) is 1.53. The molecular formula is C101H117N21O23S3. The van der Waals surface area contributed by atoms with Gasteiger partial charge < -0.3 is 87.9 Å². The standard InChI is InChI=1S/C101H117N21O23S3/c1-12-16-56(17-13-2)60-20-19-49(4)69(40-60)107-54(9)59-25-31-66-78(41-59)122(139)91(114-66)57-23-28-63(29-24-57)145-100(137)117-67(18-15-35-103-79(124)33-30-65-51(6)71-42-72-52(7)82(55(10)123)75(110-72)44-70-50(5)64(14-3)74(109-70)43-73-53(8)83-87(113-73)84(86(65)112-71)85(89(83)127)98(136)143-11)94(130)120-121-101(138)144-37-38-146-147-48-77(97(134)135)116-93(129)76(45-81(126)104-36-39-148(140,141)142)111-80(125)34-32-68(96(132)133)115-92(128)58-21-26-61(27-22-58)105-46-62-47-106-90-88(108-62)95(131)119-99(102)118-90/h19-29,31,40-44,47,50-51,56,64-65,67-68,76-77,85,105,107,110,113-114H,9,12-18,30,32-39,45-46,48H2,1-8,10-11H3,(H,103,124)(H,104,126)(H,111,125)(H,115,128)(H,116,129)(H,117,137)(H,120,130)(H,121,138)(H,132,133)(H,134,135)(H,140,141,142)(H3,102,106,118,119,131)/t50-,51+,64-,65+,67?,68+,76+,77+,85?/m1/s1. The molecule has 782 valence electrons. The topological polar surface area (TPSA) is 662 Å². The molecule has 148 heavy (non-hydrogen) atoms. The van der Waals surface area contributed by atoms with Crippen molar-refractivity contribution in [2.45, 2.75) is 206 Å². The van der Waals surface area contributed by atoms with Crippen LogP contribution in [-0.4, -0.2) is 213 Å². The quantitative estimate of drug-likeness (QED) is 0.00194. The molecule has 8 bridgehead atoms. The Morgan fingerprint density at radius 2 is 1.35 bits per heavy atom. The van der Waals surface area contributed by atoms with Gasteiger partial charge in [0.1, 0.15) is 42.4 Å². The van der Waals surface area contributed by atoms with Crippen LogP contribution in [0.15, 0.2) is 121 Å². The maximum atomic E-state index is 14.8. The second-order valence-electron chi connectivity index (χ2n) is 36.3. The number of anilines is 3. The van der Waals surface area contributed by atoms with E-state index in [1.165, 1.54) is 74.3 Å². The van der Waals surface area contributed by atoms with Gasteiger partial charge in [-0.25, -0.2) is 44.3 Å². The number of aryl methyl sites for hydroxylation is 3. The number of rotatable bonds is 46. The smallest absolute Gasteiger partial charge is 0.426 e. The number of aliphatic carboxylic acids is 2. The SMILES string of the molecule is C=C(Nc1cc(C(CCC)CCC)ccc1C)c1ccc2[nH]c(-c3ccc(OC(=O)NC(CCCNC(=O)CC[C@@H]4c5nc(cc6[nH]c(cc7nc(cc8[nH]c9c(c8C)C(=O)C(C(=O)OC)c59)[C@H](CC)[C@H]7C)c(C(C)=O)c6C)[C@H]4C)C(=O)NNC(=O)OCCSSC[C@H](NC(=O)[C@H](CC(=O)NCCS(=O)(=O)O)NC(=O)CC[C@H](NC(=O)c4ccc(NCc5cnc6nc(N)[nH]c(=O)c6n5)cc4)C(=O)O)C(=O)O)cc3)[n+]([O-])c2c1. The fourth-order valence-electron chi connectivity index (χ4n) is 18.2. The number of carbonyl (C=O) groups excluding carboxylic acids is 11. The summed E-state index contributed by atoms with van der Waals surface area (Å²) in [6, 6.07) is 22.2. The zero-order chi connectivity index (χ0) is 107. The fourth-order valence-corrected chi connectivity index (χ4v) is 20.6. The number of carbonyl (C=O) groups is 13. The van der Waals surface area contributed by atoms with Crippen LogP contribution < -0.4 is 74.1 Å². The monoisotopic (exact) mass is 2090 g/mol. The maximum absolute atomic E-state index is 14.8. The van der Waals surface area contributed by atoms with Crippen LogP contribution in [-0.2, 0) is 64.5 Å². The molecule has 4 aromatic carbocycles. The van der Waals surface area contributed by atoms with Gasteiger partial charge in [0.25, 0.3) is 33.3 Å². The van der Waals surface area contributed by atoms with Gasteiger partial charge in [0.15, 0.2) is 33.8 Å². The van der Waals surface area contributed by atoms with Crippen LogP contribution in [0.25, 0.3) is 61.3 Å². The lowest BCUT2D eigenvalue weighted by atomic mass is 9.84. The van der Waals surface area contributed by atoms with E-state index in [0.717, 1.165) is 81.1 Å². The second-order valence-corrected chi connectivity index (χ2v) is 40.5. The third kappa shape index (κ3) is 27.0. The summed E-state index contributed by atoms with van der Waals surface area (Å²) in [5.41, 5.74) is 22.7. The van der Waals surface area contributed by atoms with Crippen molar-refractivity contribution in [3.63, 3.8) is 0 Å². The molecule has 47 heteroatoms. The molecule has 13 rings (SSSR count). The molecule has 3 aliphatic rings. The summed E-state index contributed by atoms with van der Waals surface area (Å²) in [4.78, 5) is 224. The molecule has 2 aliphatic heterocycles. The van der Waals surface area contributed by atoms with Crippen molar-refractivity contribution in [2.24, 2.45) is 0 Å². The Morgan fingerprint density at radius 3 is 2.05 bits per heavy atom. The van der Waals surface area contributed by atoms with E-state index in [1.807, 2.05) is 45.0 Å². The number of aromatic amines is 4. The summed E-state index contributed by atoms with van der Waals surface area (Å²) in [5.74, 6) is -13.9. The van der Waals surface area contributed by atoms with E-state index in [-0.39, 0.29) is 96.4 Å². The molecule has 10 aromatic rings. The van der Waals surface area contributed by atoms with Crippen molar-refractivity contribution in [3.05, 3.63) is 210 Å². The van der Waals surface area contributed by atoms with E-state index in [2.05, 4.69) is 141 Å². The molecule has 0 saturated heterocycles. The van der Waals surface area contributed by atoms with Crippen molar-refractivity contribution < 1.29 is 104 Å². The molecule has 0 radical (unpaired) electrons. The first-order valence-corrected chi connectivity index (χ1v) is 52.2. The number of nitrogen functional groups attached to an aromatic ring is 1. The van der Waals surface area contributed by atoms with Crippen LogP contribution in [0.1, 0.15) is 247 Å². The number of hydrogen-bond donors (Lipinski definition) is 18. The van der Waals surface area contributed by atoms with Crippen molar-refractivity contribution in [2.75, 3.05) is 60.4 Å². The largest absolute Gasteiger partial charge is 0.710 e. The molecule has 2 unspecified atom stereocenters. The van der Waals surface area contributed by atoms with Gasteiger partial charge in [-0.1, -0.05) is 87.8 Å². The lowest BCUT2D eigenvalue weighted by Gasteiger charge is -2.21. The van der Waals surface area contributed by atoms with Gasteiger partial charge in [-0.2, -0.15) is 13.4 Å². The number of imidazole rings is 1. The number of hydrogen-bond acceptors (Lipinski definition) is 30. The first kappa shape index (κ1) is 110. The average Bonchev–Trinajstić information content (AvgIpc) is 1.56. The predicted molar refractivity (Wildman–Crippen MR) is 553 cm³/mol. The lowest BCUT2D eigenvalue weighted by molar-refractivity contribution is -0.564. The molecule has 6 aromatic heterocycles. The zero-order valence-electron chi connectivity index (χ0n) is 82.8. The number of esters is 1. The normalized spacial score (nSPS) is 15.5. The third-order valence-electron chi connectivity index (χ3n) is 26.1. The van der Waals surface area contributed by atoms with E-state index < -0.39 is 173 Å². The lowest BCUT2D eigenvalue weighted by Crippen LogP contribution is -2.54. The highest BCUT2D eigenvalue weighted by molar-refractivity contribution is 8.76. The number of nitrogens with one attached hydrogen (secondary N) is 14. The molecule has 19 N–H and O–H groups in total. The molecule has 0 fully saturated rings. The van der Waals surface area contributed by atoms with Gasteiger partial charge in [-0.3, -0.25) is 72.9 Å². The maximum Gasteiger partial charge on any atom is 0.426 e. The minimum Gasteiger partial charge on any atom is -0.710 e. The number of nitrogens with two attached hydrogens (primary N) is 1. The Kier molecular flexibility index (Phi) is 36.3. The molecule has 8 heterocycles. The van der Waals surface area contributed by atoms with Crippen LogP contribution >= 0.6 is 21.6 Å². The molecule has 44 nitrogen and oxygen atoms in total. The number of Topliss-reactive ketones (excluding diaryl/α,β-unsaturated/α-hetero) is 2. The van der Waals surface area contributed by atoms with Gasteiger partial charge in [0, 0.05) is 134 Å². The molecule has 9 atom stereocenters. The average molecular weight is 2090 g/mol. The van der Waals surface area contributed by atoms with Crippen molar-refractivity contribution >= 4 is 176 Å². The Morgan fingerprint density at radius 1 is 0.662 bits per heavy atom. The summed E-state index contributed by atoms with van der Waals surface area (Å²) in [7, 11) is -1.60. The molecule has 0 spiro atoms. The van der Waals surface area contributed by atoms with Crippen LogP contribution in [0.3, 0.4) is 0 Å². The van der Waals surface area contributed by atoms with Gasteiger partial charge >= 0.3 is 30.1 Å². The molecule has 8 amide bonds. The van der Waals surface area contributed by atoms with Crippen LogP contribution in [0, 0.1) is 26.0 Å². The highest BCUT2D eigenvalue weighted by Crippen LogP contribution is 2.49. The van der Waals surface area contributed by atoms with E-state index in [1.54, 1.807) is 19.1 Å². The third-order valence-corrected chi connectivity index (χ3v) is 29.2. The van der Waals surface area contributed by atoms with Crippen LogP contribution in [0.5, 0.6) is 5.75 Å². The Bertz CT molecular complexity index is 7190. The zero-order valence-corrected chi connectivity index (χ0v) is 85.2. The number of aromatic nitrogens is 10. The number of carboxylic acid groups (broad SMARTS) is 2. The summed E-state index contributed by atoms with van der Waals surface area (Å²) in [6.45, 7) is 20.8. The van der Waals surface area contributed by atoms with Gasteiger partial charge in [-0.15, -0.1) is 0 Å². The highest BCUT2D eigenvalue weighted by Gasteiger charge is 2.46. The molecular weight excluding hydrogens is 1970 g/mol. The summed E-state index contributed by atoms with van der Waals surface area (Å²) in [5, 5.41) is 55.3. The number of ketones is 2. The van der Waals surface area contributed by atoms with E-state index in [9.17, 15) is 95.5 Å². The fraction of sp³-hybridized carbons (Fsp3) is 0.386. The summed E-state index contributed by atoms with van der Waals surface area (Å²) >= 11 is 0. The summed E-state index contributed by atoms with van der Waals surface area (Å²) < 4.78 is 49.1. The minimum absolute atomic E-state index is 0.00450. The predicted octanol–water partition coefficient (Wildman–Crippen LogP) is 10.9. The Labute approximate surface area is 856 Å². The van der Waals surface area contributed by atoms with Crippen LogP contribution in [0.2, 0.25) is 0 Å². The van der Waals surface area contributed by atoms with Crippen molar-refractivity contribution in [3.8, 4) is 17.1 Å². The number of methoxy groups -OCH3 is 1. The number of amides is 8. The Hall–Kier alpha value is -15.6. The molecule has 0 saturated carbocycles. The Balaban J connectivity index is 0.642. The van der Waals surface area contributed by atoms with E-state index in [4.69, 9.17) is 29.9 Å². The number of nitrogens with zero attached hydrogens (tertiary/aromatic N) is 6. The number of hydrazine groups is 1. The highest BCUT2D eigenvalue weighted by atomic mass is 33.1. The first-order valence-electron chi connectivity index (χ1n) is 48.1. The number of H-pyrrole nitrogens is 4. The van der Waals surface area contributed by atoms with E-state index in [0.29, 0.717) is 106 Å². The number of ether oxygens (including phenoxy) is 3.